The molecule has 21 heavy (non-hydrogen) atoms. The van der Waals surface area contributed by atoms with Crippen LogP contribution in [-0.4, -0.2) is 48.5 Å². The van der Waals surface area contributed by atoms with Crippen molar-refractivity contribution in [3.8, 4) is 0 Å². The Hall–Kier alpha value is -1.16. The van der Waals surface area contributed by atoms with Crippen molar-refractivity contribution in [3.63, 3.8) is 0 Å². The van der Waals surface area contributed by atoms with Gasteiger partial charge in [-0.1, -0.05) is 29.8 Å². The normalized spacial score (nSPS) is 19.7. The van der Waals surface area contributed by atoms with Gasteiger partial charge in [-0.15, -0.1) is 0 Å². The molecular formula is C17H22ClN3. The van der Waals surface area contributed by atoms with E-state index in [-0.39, 0.29) is 0 Å². The minimum absolute atomic E-state index is 0.731. The van der Waals surface area contributed by atoms with Crippen molar-refractivity contribution >= 4 is 22.5 Å². The second-order valence-corrected chi connectivity index (χ2v) is 6.64. The zero-order valence-electron chi connectivity index (χ0n) is 12.7. The highest BCUT2D eigenvalue weighted by Gasteiger charge is 2.20. The summed E-state index contributed by atoms with van der Waals surface area (Å²) >= 11 is 6.24. The molecule has 0 bridgehead atoms. The Bertz CT molecular complexity index is 628. The summed E-state index contributed by atoms with van der Waals surface area (Å²) in [6.45, 7) is 4.44. The molecule has 3 nitrogen and oxygen atoms in total. The Morgan fingerprint density at radius 2 is 2.19 bits per heavy atom. The molecule has 2 heterocycles. The predicted molar refractivity (Wildman–Crippen MR) is 88.7 cm³/mol. The molecule has 1 fully saturated rings. The van der Waals surface area contributed by atoms with Crippen LogP contribution in [0.25, 0.3) is 10.9 Å². The number of halogens is 1. The SMILES string of the molecule is CN1CCC(CN(C)Cc2ccc3cccc(Cl)c3n2)C1. The van der Waals surface area contributed by atoms with E-state index in [4.69, 9.17) is 16.6 Å². The lowest BCUT2D eigenvalue weighted by atomic mass is 10.1. The quantitative estimate of drug-likeness (QED) is 0.864. The van der Waals surface area contributed by atoms with Crippen LogP contribution in [0.15, 0.2) is 30.3 Å². The number of benzene rings is 1. The van der Waals surface area contributed by atoms with Crippen molar-refractivity contribution in [2.24, 2.45) is 5.92 Å². The predicted octanol–water partition coefficient (Wildman–Crippen LogP) is 3.27. The van der Waals surface area contributed by atoms with Crippen molar-refractivity contribution in [2.75, 3.05) is 33.7 Å². The van der Waals surface area contributed by atoms with E-state index in [1.807, 2.05) is 12.1 Å². The van der Waals surface area contributed by atoms with Crippen molar-refractivity contribution < 1.29 is 0 Å². The van der Waals surface area contributed by atoms with E-state index in [1.54, 1.807) is 0 Å². The highest BCUT2D eigenvalue weighted by atomic mass is 35.5. The van der Waals surface area contributed by atoms with Crippen LogP contribution in [-0.2, 0) is 6.54 Å². The zero-order valence-corrected chi connectivity index (χ0v) is 13.5. The molecule has 1 aromatic heterocycles. The monoisotopic (exact) mass is 303 g/mol. The first-order valence-electron chi connectivity index (χ1n) is 7.53. The zero-order chi connectivity index (χ0) is 14.8. The van der Waals surface area contributed by atoms with Crippen LogP contribution < -0.4 is 0 Å². The highest BCUT2D eigenvalue weighted by molar-refractivity contribution is 6.35. The molecular weight excluding hydrogens is 282 g/mol. The Morgan fingerprint density at radius 1 is 1.33 bits per heavy atom. The molecule has 4 heteroatoms. The van der Waals surface area contributed by atoms with Gasteiger partial charge >= 0.3 is 0 Å². The van der Waals surface area contributed by atoms with Crippen molar-refractivity contribution in [3.05, 3.63) is 41.0 Å². The number of rotatable bonds is 4. The number of fused-ring (bicyclic) bond motifs is 1. The smallest absolute Gasteiger partial charge is 0.0891 e. The van der Waals surface area contributed by atoms with Gasteiger partial charge in [-0.3, -0.25) is 0 Å². The summed E-state index contributed by atoms with van der Waals surface area (Å²) in [4.78, 5) is 9.50. The molecule has 1 saturated heterocycles. The van der Waals surface area contributed by atoms with Gasteiger partial charge in [0.2, 0.25) is 0 Å². The number of nitrogens with zero attached hydrogens (tertiary/aromatic N) is 3. The summed E-state index contributed by atoms with van der Waals surface area (Å²) in [6, 6.07) is 10.1. The van der Waals surface area contributed by atoms with Crippen LogP contribution in [0.4, 0.5) is 0 Å². The van der Waals surface area contributed by atoms with Gasteiger partial charge < -0.3 is 9.80 Å². The molecule has 2 aromatic rings. The highest BCUT2D eigenvalue weighted by Crippen LogP contribution is 2.22. The maximum absolute atomic E-state index is 6.24. The lowest BCUT2D eigenvalue weighted by molar-refractivity contribution is 0.265. The van der Waals surface area contributed by atoms with Crippen molar-refractivity contribution in [1.82, 2.24) is 14.8 Å². The number of aromatic nitrogens is 1. The molecule has 1 aliphatic heterocycles. The summed E-state index contributed by atoms with van der Waals surface area (Å²) < 4.78 is 0. The maximum Gasteiger partial charge on any atom is 0.0891 e. The fraction of sp³-hybridized carbons (Fsp3) is 0.471. The van der Waals surface area contributed by atoms with Crippen molar-refractivity contribution in [1.29, 1.82) is 0 Å². The molecule has 0 N–H and O–H groups in total. The van der Waals surface area contributed by atoms with E-state index in [0.717, 1.165) is 40.6 Å². The van der Waals surface area contributed by atoms with Crippen LogP contribution in [0.1, 0.15) is 12.1 Å². The molecule has 112 valence electrons. The second-order valence-electron chi connectivity index (χ2n) is 6.23. The summed E-state index contributed by atoms with van der Waals surface area (Å²) in [6.07, 6.45) is 1.30. The largest absolute Gasteiger partial charge is 0.306 e. The lowest BCUT2D eigenvalue weighted by Gasteiger charge is -2.20. The van der Waals surface area contributed by atoms with Crippen LogP contribution >= 0.6 is 11.6 Å². The molecule has 0 aliphatic carbocycles. The Labute approximate surface area is 131 Å². The van der Waals surface area contributed by atoms with Crippen LogP contribution in [0.5, 0.6) is 0 Å². The lowest BCUT2D eigenvalue weighted by Crippen LogP contribution is -2.27. The number of hydrogen-bond donors (Lipinski definition) is 0. The third kappa shape index (κ3) is 3.54. The van der Waals surface area contributed by atoms with E-state index in [0.29, 0.717) is 0 Å². The molecule has 0 amide bonds. The molecule has 0 radical (unpaired) electrons. The van der Waals surface area contributed by atoms with Gasteiger partial charge in [-0.2, -0.15) is 0 Å². The third-order valence-electron chi connectivity index (χ3n) is 4.22. The van der Waals surface area contributed by atoms with E-state index in [9.17, 15) is 0 Å². The summed E-state index contributed by atoms with van der Waals surface area (Å²) in [5.74, 6) is 0.782. The Kier molecular flexibility index (Phi) is 4.43. The molecule has 0 spiro atoms. The number of para-hydroxylation sites is 1. The van der Waals surface area contributed by atoms with Gasteiger partial charge in [0, 0.05) is 25.0 Å². The summed E-state index contributed by atoms with van der Waals surface area (Å²) in [5.41, 5.74) is 2.00. The molecule has 1 aromatic carbocycles. The van der Waals surface area contributed by atoms with Crippen LogP contribution in [0.3, 0.4) is 0 Å². The first-order chi connectivity index (χ1) is 10.1. The van der Waals surface area contributed by atoms with Crippen LogP contribution in [0, 0.1) is 5.92 Å². The first-order valence-corrected chi connectivity index (χ1v) is 7.91. The standard InChI is InChI=1S/C17H22ClN3/c1-20-9-8-13(10-20)11-21(2)12-15-7-6-14-4-3-5-16(18)17(14)19-15/h3-7,13H,8-12H2,1-2H3. The average molecular weight is 304 g/mol. The van der Waals surface area contributed by atoms with Crippen molar-refractivity contribution in [2.45, 2.75) is 13.0 Å². The topological polar surface area (TPSA) is 19.4 Å². The van der Waals surface area contributed by atoms with Gasteiger partial charge in [0.1, 0.15) is 0 Å². The molecule has 3 rings (SSSR count). The Balaban J connectivity index is 1.68. The fourth-order valence-corrected chi connectivity index (χ4v) is 3.42. The van der Waals surface area contributed by atoms with Gasteiger partial charge in [-0.25, -0.2) is 4.98 Å². The fourth-order valence-electron chi connectivity index (χ4n) is 3.20. The summed E-state index contributed by atoms with van der Waals surface area (Å²) in [7, 11) is 4.38. The molecule has 1 atom stereocenters. The van der Waals surface area contributed by atoms with Gasteiger partial charge in [-0.05, 0) is 45.1 Å². The number of pyridine rings is 1. The van der Waals surface area contributed by atoms with E-state index in [1.165, 1.54) is 19.5 Å². The Morgan fingerprint density at radius 3 is 2.95 bits per heavy atom. The summed E-state index contributed by atoms with van der Waals surface area (Å²) in [5, 5.41) is 1.83. The number of likely N-dealkylation sites (tertiary alicyclic amines) is 1. The minimum atomic E-state index is 0.731. The van der Waals surface area contributed by atoms with Gasteiger partial charge in [0.25, 0.3) is 0 Å². The second kappa shape index (κ2) is 6.30. The molecule has 1 unspecified atom stereocenters. The molecule has 0 saturated carbocycles. The van der Waals surface area contributed by atoms with Gasteiger partial charge in [0.15, 0.2) is 0 Å². The van der Waals surface area contributed by atoms with E-state index >= 15 is 0 Å². The minimum Gasteiger partial charge on any atom is -0.306 e. The first kappa shape index (κ1) is 14.8. The average Bonchev–Trinajstić information content (AvgIpc) is 2.85. The maximum atomic E-state index is 6.24. The van der Waals surface area contributed by atoms with E-state index < -0.39 is 0 Å². The number of hydrogen-bond acceptors (Lipinski definition) is 3. The van der Waals surface area contributed by atoms with Crippen LogP contribution in [0.2, 0.25) is 5.02 Å². The third-order valence-corrected chi connectivity index (χ3v) is 4.52. The van der Waals surface area contributed by atoms with Gasteiger partial charge in [0.05, 0.1) is 16.2 Å². The molecule has 1 aliphatic rings. The van der Waals surface area contributed by atoms with E-state index in [2.05, 4.69) is 42.1 Å².